The Kier molecular flexibility index (Phi) is 7.34. The van der Waals surface area contributed by atoms with Crippen molar-refractivity contribution >= 4 is 21.7 Å². The molecule has 2 heterocycles. The lowest BCUT2D eigenvalue weighted by atomic mass is 9.98. The second kappa shape index (κ2) is 9.75. The van der Waals surface area contributed by atoms with Crippen LogP contribution < -0.4 is 15.5 Å². The fourth-order valence-electron chi connectivity index (χ4n) is 4.08. The van der Waals surface area contributed by atoms with Crippen LogP contribution in [0, 0.1) is 11.7 Å². The van der Waals surface area contributed by atoms with E-state index in [9.17, 15) is 12.8 Å². The third-order valence-corrected chi connectivity index (χ3v) is 7.06. The molecule has 2 aliphatic rings. The van der Waals surface area contributed by atoms with Crippen LogP contribution >= 0.6 is 0 Å². The van der Waals surface area contributed by atoms with Gasteiger partial charge >= 0.3 is 0 Å². The molecule has 1 atom stereocenters. The first-order chi connectivity index (χ1) is 13.8. The van der Waals surface area contributed by atoms with Gasteiger partial charge in [0.2, 0.25) is 10.0 Å². The molecule has 3 rings (SSSR count). The Balaban J connectivity index is 1.46. The lowest BCUT2D eigenvalue weighted by Gasteiger charge is -2.36. The van der Waals surface area contributed by atoms with Gasteiger partial charge in [-0.3, -0.25) is 4.99 Å². The number of hydrogen-bond acceptors (Lipinski definition) is 4. The molecule has 0 bridgehead atoms. The summed E-state index contributed by atoms with van der Waals surface area (Å²) < 4.78 is 38.4. The van der Waals surface area contributed by atoms with Gasteiger partial charge in [0.15, 0.2) is 5.96 Å². The van der Waals surface area contributed by atoms with E-state index < -0.39 is 10.0 Å². The molecule has 0 saturated carbocycles. The Morgan fingerprint density at radius 2 is 2.00 bits per heavy atom. The number of rotatable bonds is 5. The molecular formula is C20H32FN5O2S. The number of aliphatic imine (C=N–C) groups is 1. The molecule has 1 aromatic rings. The van der Waals surface area contributed by atoms with Gasteiger partial charge in [-0.1, -0.05) is 6.07 Å². The zero-order chi connectivity index (χ0) is 20.9. The number of hydrogen-bond donors (Lipinski definition) is 2. The maximum Gasteiger partial charge on any atom is 0.211 e. The average molecular weight is 426 g/mol. The molecule has 162 valence electrons. The maximum atomic E-state index is 13.5. The van der Waals surface area contributed by atoms with Crippen molar-refractivity contribution in [2.45, 2.75) is 31.7 Å². The Hall–Kier alpha value is -1.87. The van der Waals surface area contributed by atoms with E-state index in [0.717, 1.165) is 57.0 Å². The van der Waals surface area contributed by atoms with E-state index in [0.29, 0.717) is 19.0 Å². The molecule has 2 aliphatic heterocycles. The summed E-state index contributed by atoms with van der Waals surface area (Å²) in [5.74, 6) is 0.986. The van der Waals surface area contributed by atoms with Crippen LogP contribution in [0.15, 0.2) is 29.3 Å². The van der Waals surface area contributed by atoms with E-state index in [-0.39, 0.29) is 11.9 Å². The van der Waals surface area contributed by atoms with Crippen molar-refractivity contribution in [2.24, 2.45) is 10.9 Å². The maximum absolute atomic E-state index is 13.5. The first-order valence-electron chi connectivity index (χ1n) is 10.3. The van der Waals surface area contributed by atoms with E-state index >= 15 is 0 Å². The van der Waals surface area contributed by atoms with Crippen molar-refractivity contribution in [3.63, 3.8) is 0 Å². The van der Waals surface area contributed by atoms with Gasteiger partial charge in [0, 0.05) is 51.5 Å². The van der Waals surface area contributed by atoms with Crippen molar-refractivity contribution in [3.05, 3.63) is 30.1 Å². The zero-order valence-electron chi connectivity index (χ0n) is 17.3. The summed E-state index contributed by atoms with van der Waals surface area (Å²) >= 11 is 0. The summed E-state index contributed by atoms with van der Waals surface area (Å²) in [6.45, 7) is 3.67. The second-order valence-electron chi connectivity index (χ2n) is 7.97. The SMILES string of the molecule is CN=C(NCC1CCN(S(C)(=O)=O)CC1)NC1CCCN(c2cccc(F)c2)C1. The third kappa shape index (κ3) is 6.30. The summed E-state index contributed by atoms with van der Waals surface area (Å²) in [4.78, 5) is 6.55. The Labute approximate surface area is 173 Å². The summed E-state index contributed by atoms with van der Waals surface area (Å²) in [6.07, 6.45) is 5.06. The van der Waals surface area contributed by atoms with Crippen LogP contribution in [0.1, 0.15) is 25.7 Å². The van der Waals surface area contributed by atoms with E-state index in [2.05, 4.69) is 20.5 Å². The highest BCUT2D eigenvalue weighted by atomic mass is 32.2. The fourth-order valence-corrected chi connectivity index (χ4v) is 4.95. The van der Waals surface area contributed by atoms with Crippen LogP contribution in [0.3, 0.4) is 0 Å². The first kappa shape index (κ1) is 21.8. The van der Waals surface area contributed by atoms with Crippen molar-refractivity contribution in [1.82, 2.24) is 14.9 Å². The van der Waals surface area contributed by atoms with Gasteiger partial charge in [-0.15, -0.1) is 0 Å². The normalized spacial score (nSPS) is 22.5. The van der Waals surface area contributed by atoms with Crippen molar-refractivity contribution < 1.29 is 12.8 Å². The standard InChI is InChI=1S/C20H32FN5O2S/c1-22-20(23-14-16-8-11-26(12-9-16)29(2,27)28)24-18-6-4-10-25(15-18)19-7-3-5-17(21)13-19/h3,5,7,13,16,18H,4,6,8-12,14-15H2,1-2H3,(H2,22,23,24). The van der Waals surface area contributed by atoms with Gasteiger partial charge in [-0.05, 0) is 49.8 Å². The van der Waals surface area contributed by atoms with E-state index in [4.69, 9.17) is 0 Å². The quantitative estimate of drug-likeness (QED) is 0.554. The zero-order valence-corrected chi connectivity index (χ0v) is 18.1. The lowest BCUT2D eigenvalue weighted by Crippen LogP contribution is -2.52. The van der Waals surface area contributed by atoms with Crippen molar-refractivity contribution in [1.29, 1.82) is 0 Å². The topological polar surface area (TPSA) is 77.0 Å². The molecular weight excluding hydrogens is 393 g/mol. The number of anilines is 1. The van der Waals surface area contributed by atoms with Crippen LogP contribution in [0.4, 0.5) is 10.1 Å². The van der Waals surface area contributed by atoms with Crippen LogP contribution in [0.5, 0.6) is 0 Å². The molecule has 0 amide bonds. The monoisotopic (exact) mass is 425 g/mol. The van der Waals surface area contributed by atoms with Crippen LogP contribution in [0.25, 0.3) is 0 Å². The molecule has 7 nitrogen and oxygen atoms in total. The van der Waals surface area contributed by atoms with E-state index in [1.54, 1.807) is 23.5 Å². The number of sulfonamides is 1. The van der Waals surface area contributed by atoms with E-state index in [1.807, 2.05) is 6.07 Å². The minimum Gasteiger partial charge on any atom is -0.369 e. The minimum absolute atomic E-state index is 0.211. The predicted molar refractivity (Wildman–Crippen MR) is 115 cm³/mol. The summed E-state index contributed by atoms with van der Waals surface area (Å²) in [6, 6.07) is 6.98. The highest BCUT2D eigenvalue weighted by Crippen LogP contribution is 2.21. The molecule has 0 aromatic heterocycles. The number of nitrogens with one attached hydrogen (secondary N) is 2. The first-order valence-corrected chi connectivity index (χ1v) is 12.1. The predicted octanol–water partition coefficient (Wildman–Crippen LogP) is 1.63. The minimum atomic E-state index is -3.09. The Bertz CT molecular complexity index is 809. The molecule has 0 spiro atoms. The molecule has 29 heavy (non-hydrogen) atoms. The smallest absolute Gasteiger partial charge is 0.211 e. The Morgan fingerprint density at radius 3 is 2.66 bits per heavy atom. The van der Waals surface area contributed by atoms with Crippen molar-refractivity contribution in [3.8, 4) is 0 Å². The number of nitrogens with zero attached hydrogens (tertiary/aromatic N) is 3. The molecule has 0 radical (unpaired) electrons. The van der Waals surface area contributed by atoms with Gasteiger partial charge < -0.3 is 15.5 Å². The molecule has 9 heteroatoms. The highest BCUT2D eigenvalue weighted by Gasteiger charge is 2.25. The van der Waals surface area contributed by atoms with Gasteiger partial charge in [0.1, 0.15) is 5.82 Å². The molecule has 1 aromatic carbocycles. The van der Waals surface area contributed by atoms with Gasteiger partial charge in [0.05, 0.1) is 6.26 Å². The summed E-state index contributed by atoms with van der Waals surface area (Å²) in [5.41, 5.74) is 0.914. The summed E-state index contributed by atoms with van der Waals surface area (Å²) in [5, 5.41) is 6.89. The van der Waals surface area contributed by atoms with Crippen LogP contribution in [0.2, 0.25) is 0 Å². The number of guanidine groups is 1. The highest BCUT2D eigenvalue weighted by molar-refractivity contribution is 7.88. The van der Waals surface area contributed by atoms with E-state index in [1.165, 1.54) is 12.3 Å². The van der Waals surface area contributed by atoms with Crippen molar-refractivity contribution in [2.75, 3.05) is 50.9 Å². The average Bonchev–Trinajstić information content (AvgIpc) is 2.71. The number of halogens is 1. The molecule has 2 saturated heterocycles. The van der Waals surface area contributed by atoms with Gasteiger partial charge in [-0.2, -0.15) is 0 Å². The Morgan fingerprint density at radius 1 is 1.24 bits per heavy atom. The van der Waals surface area contributed by atoms with Gasteiger partial charge in [0.25, 0.3) is 0 Å². The largest absolute Gasteiger partial charge is 0.369 e. The molecule has 0 aliphatic carbocycles. The fraction of sp³-hybridized carbons (Fsp3) is 0.650. The number of piperidine rings is 2. The molecule has 1 unspecified atom stereocenters. The molecule has 2 fully saturated rings. The second-order valence-corrected chi connectivity index (χ2v) is 9.95. The third-order valence-electron chi connectivity index (χ3n) is 5.76. The molecule has 2 N–H and O–H groups in total. The lowest BCUT2D eigenvalue weighted by molar-refractivity contribution is 0.274. The van der Waals surface area contributed by atoms with Crippen LogP contribution in [-0.2, 0) is 10.0 Å². The number of benzene rings is 1. The summed E-state index contributed by atoms with van der Waals surface area (Å²) in [7, 11) is -1.33. The van der Waals surface area contributed by atoms with Crippen LogP contribution in [-0.4, -0.2) is 70.8 Å². The van der Waals surface area contributed by atoms with Gasteiger partial charge in [-0.25, -0.2) is 17.1 Å².